The SMILES string of the molecule is CCC(Sc1cccc(NC(=O)c2cccc(Cl)c2)c1)C(=O)Nc1ccc2c(c1)OCCO2. The van der Waals surface area contributed by atoms with Gasteiger partial charge >= 0.3 is 0 Å². The summed E-state index contributed by atoms with van der Waals surface area (Å²) in [6.45, 7) is 2.97. The van der Waals surface area contributed by atoms with Gasteiger partial charge in [-0.1, -0.05) is 30.7 Å². The number of rotatable bonds is 7. The van der Waals surface area contributed by atoms with Crippen LogP contribution in [-0.2, 0) is 4.79 Å². The minimum atomic E-state index is -0.308. The maximum absolute atomic E-state index is 12.9. The largest absolute Gasteiger partial charge is 0.486 e. The summed E-state index contributed by atoms with van der Waals surface area (Å²) in [5, 5.41) is 6.03. The molecule has 0 bridgehead atoms. The smallest absolute Gasteiger partial charge is 0.255 e. The summed E-state index contributed by atoms with van der Waals surface area (Å²) in [7, 11) is 0. The van der Waals surface area contributed by atoms with Crippen molar-refractivity contribution in [1.82, 2.24) is 0 Å². The molecule has 2 N–H and O–H groups in total. The van der Waals surface area contributed by atoms with E-state index in [-0.39, 0.29) is 17.1 Å². The number of anilines is 2. The Balaban J connectivity index is 1.40. The molecule has 0 saturated heterocycles. The van der Waals surface area contributed by atoms with Crippen LogP contribution in [0, 0.1) is 0 Å². The molecule has 6 nitrogen and oxygen atoms in total. The molecule has 170 valence electrons. The Labute approximate surface area is 201 Å². The lowest BCUT2D eigenvalue weighted by molar-refractivity contribution is -0.115. The number of thioether (sulfide) groups is 1. The number of hydrogen-bond donors (Lipinski definition) is 2. The van der Waals surface area contributed by atoms with Crippen molar-refractivity contribution in [1.29, 1.82) is 0 Å². The van der Waals surface area contributed by atoms with Gasteiger partial charge in [0.2, 0.25) is 5.91 Å². The summed E-state index contributed by atoms with van der Waals surface area (Å²) >= 11 is 7.42. The van der Waals surface area contributed by atoms with E-state index < -0.39 is 0 Å². The van der Waals surface area contributed by atoms with Crippen molar-refractivity contribution in [3.05, 3.63) is 77.3 Å². The first kappa shape index (κ1) is 23.0. The van der Waals surface area contributed by atoms with Crippen LogP contribution in [0.2, 0.25) is 5.02 Å². The van der Waals surface area contributed by atoms with Crippen LogP contribution in [-0.4, -0.2) is 30.3 Å². The number of carbonyl (C=O) groups is 2. The molecule has 3 aromatic carbocycles. The van der Waals surface area contributed by atoms with Gasteiger partial charge in [-0.2, -0.15) is 0 Å². The Morgan fingerprint density at radius 3 is 2.48 bits per heavy atom. The summed E-state index contributed by atoms with van der Waals surface area (Å²) in [4.78, 5) is 26.3. The molecule has 33 heavy (non-hydrogen) atoms. The van der Waals surface area contributed by atoms with Crippen LogP contribution in [0.3, 0.4) is 0 Å². The highest BCUT2D eigenvalue weighted by molar-refractivity contribution is 8.00. The second-order valence-corrected chi connectivity index (χ2v) is 9.07. The minimum absolute atomic E-state index is 0.104. The van der Waals surface area contributed by atoms with Gasteiger partial charge in [0.1, 0.15) is 13.2 Å². The zero-order chi connectivity index (χ0) is 23.2. The first-order valence-electron chi connectivity index (χ1n) is 10.6. The quantitative estimate of drug-likeness (QED) is 0.412. The lowest BCUT2D eigenvalue weighted by atomic mass is 10.2. The van der Waals surface area contributed by atoms with Gasteiger partial charge < -0.3 is 20.1 Å². The summed E-state index contributed by atoms with van der Waals surface area (Å²) in [6.07, 6.45) is 0.639. The summed E-state index contributed by atoms with van der Waals surface area (Å²) < 4.78 is 11.1. The van der Waals surface area contributed by atoms with Crippen LogP contribution in [0.1, 0.15) is 23.7 Å². The van der Waals surface area contributed by atoms with Gasteiger partial charge in [-0.25, -0.2) is 0 Å². The molecular weight excluding hydrogens is 460 g/mol. The molecule has 1 unspecified atom stereocenters. The molecule has 4 rings (SSSR count). The molecular formula is C25H23ClN2O4S. The third kappa shape index (κ3) is 6.00. The maximum atomic E-state index is 12.9. The van der Waals surface area contributed by atoms with E-state index in [1.54, 1.807) is 42.5 Å². The van der Waals surface area contributed by atoms with Gasteiger partial charge in [-0.3, -0.25) is 9.59 Å². The minimum Gasteiger partial charge on any atom is -0.486 e. The van der Waals surface area contributed by atoms with Crippen molar-refractivity contribution < 1.29 is 19.1 Å². The van der Waals surface area contributed by atoms with Crippen LogP contribution in [0.4, 0.5) is 11.4 Å². The van der Waals surface area contributed by atoms with Gasteiger partial charge in [0, 0.05) is 32.9 Å². The number of ether oxygens (including phenoxy) is 2. The molecule has 0 aliphatic carbocycles. The summed E-state index contributed by atoms with van der Waals surface area (Å²) in [5.74, 6) is 0.954. The molecule has 3 aromatic rings. The highest BCUT2D eigenvalue weighted by Gasteiger charge is 2.20. The molecule has 0 radical (unpaired) electrons. The van der Waals surface area contributed by atoms with Crippen molar-refractivity contribution in [3.8, 4) is 11.5 Å². The zero-order valence-electron chi connectivity index (χ0n) is 18.0. The maximum Gasteiger partial charge on any atom is 0.255 e. The second-order valence-electron chi connectivity index (χ2n) is 7.35. The number of halogens is 1. The lowest BCUT2D eigenvalue weighted by Gasteiger charge is -2.20. The average Bonchev–Trinajstić information content (AvgIpc) is 2.82. The fourth-order valence-corrected chi connectivity index (χ4v) is 4.51. The van der Waals surface area contributed by atoms with Gasteiger partial charge in [-0.15, -0.1) is 11.8 Å². The van der Waals surface area contributed by atoms with Crippen LogP contribution in [0.15, 0.2) is 71.6 Å². The van der Waals surface area contributed by atoms with Crippen LogP contribution in [0.5, 0.6) is 11.5 Å². The number of nitrogens with one attached hydrogen (secondary N) is 2. The number of hydrogen-bond acceptors (Lipinski definition) is 5. The Hall–Kier alpha value is -3.16. The van der Waals surface area contributed by atoms with Gasteiger partial charge in [0.15, 0.2) is 11.5 Å². The summed E-state index contributed by atoms with van der Waals surface area (Å²) in [5.41, 5.74) is 1.78. The third-order valence-corrected chi connectivity index (χ3v) is 6.52. The molecule has 0 spiro atoms. The standard InChI is InChI=1S/C25H23ClN2O4S/c1-2-23(25(30)28-19-9-10-21-22(15-19)32-12-11-31-21)33-20-8-4-7-18(14-20)27-24(29)16-5-3-6-17(26)13-16/h3-10,13-15,23H,2,11-12H2,1H3,(H,27,29)(H,28,30). The average molecular weight is 483 g/mol. The number of benzene rings is 3. The predicted octanol–water partition coefficient (Wildman–Crippen LogP) is 5.87. The normalized spacial score (nSPS) is 13.2. The molecule has 1 atom stereocenters. The monoisotopic (exact) mass is 482 g/mol. The predicted molar refractivity (Wildman–Crippen MR) is 132 cm³/mol. The highest BCUT2D eigenvalue weighted by atomic mass is 35.5. The molecule has 1 heterocycles. The Morgan fingerprint density at radius 1 is 0.939 bits per heavy atom. The molecule has 1 aliphatic rings. The van der Waals surface area contributed by atoms with Crippen LogP contribution < -0.4 is 20.1 Å². The van der Waals surface area contributed by atoms with E-state index in [1.165, 1.54) is 11.8 Å². The second kappa shape index (κ2) is 10.6. The lowest BCUT2D eigenvalue weighted by Crippen LogP contribution is -2.24. The fourth-order valence-electron chi connectivity index (χ4n) is 3.31. The van der Waals surface area contributed by atoms with Crippen LogP contribution >= 0.6 is 23.4 Å². The van der Waals surface area contributed by atoms with Crippen molar-refractivity contribution in [3.63, 3.8) is 0 Å². The van der Waals surface area contributed by atoms with E-state index in [0.717, 1.165) is 4.90 Å². The Kier molecular flexibility index (Phi) is 7.42. The first-order chi connectivity index (χ1) is 16.0. The van der Waals surface area contributed by atoms with Crippen molar-refractivity contribution >= 4 is 46.6 Å². The third-order valence-electron chi connectivity index (χ3n) is 4.93. The van der Waals surface area contributed by atoms with E-state index in [4.69, 9.17) is 21.1 Å². The van der Waals surface area contributed by atoms with Crippen molar-refractivity contribution in [2.75, 3.05) is 23.8 Å². The molecule has 0 aromatic heterocycles. The molecule has 0 saturated carbocycles. The van der Waals surface area contributed by atoms with E-state index >= 15 is 0 Å². The number of carbonyl (C=O) groups excluding carboxylic acids is 2. The molecule has 1 aliphatic heterocycles. The first-order valence-corrected chi connectivity index (χ1v) is 11.8. The zero-order valence-corrected chi connectivity index (χ0v) is 19.5. The van der Waals surface area contributed by atoms with Gasteiger partial charge in [0.05, 0.1) is 5.25 Å². The molecule has 0 fully saturated rings. The number of fused-ring (bicyclic) bond motifs is 1. The van der Waals surface area contributed by atoms with E-state index in [1.807, 2.05) is 31.2 Å². The molecule has 2 amide bonds. The van der Waals surface area contributed by atoms with E-state index in [9.17, 15) is 9.59 Å². The highest BCUT2D eigenvalue weighted by Crippen LogP contribution is 2.33. The fraction of sp³-hybridized carbons (Fsp3) is 0.200. The number of amides is 2. The van der Waals surface area contributed by atoms with Crippen molar-refractivity contribution in [2.24, 2.45) is 0 Å². The molecule has 8 heteroatoms. The van der Waals surface area contributed by atoms with Crippen LogP contribution in [0.25, 0.3) is 0 Å². The topological polar surface area (TPSA) is 76.7 Å². The Morgan fingerprint density at radius 2 is 1.70 bits per heavy atom. The van der Waals surface area contributed by atoms with Gasteiger partial charge in [0.25, 0.3) is 5.91 Å². The van der Waals surface area contributed by atoms with Gasteiger partial charge in [-0.05, 0) is 55.0 Å². The van der Waals surface area contributed by atoms with E-state index in [2.05, 4.69) is 10.6 Å². The van der Waals surface area contributed by atoms with Crippen molar-refractivity contribution in [2.45, 2.75) is 23.5 Å². The van der Waals surface area contributed by atoms with E-state index in [0.29, 0.717) is 53.1 Å². The Bertz CT molecular complexity index is 1170. The summed E-state index contributed by atoms with van der Waals surface area (Å²) in [6, 6.07) is 19.6.